The van der Waals surface area contributed by atoms with Gasteiger partial charge in [0.15, 0.2) is 11.5 Å². The van der Waals surface area contributed by atoms with Gasteiger partial charge < -0.3 is 14.8 Å². The molecule has 4 rings (SSSR count). The summed E-state index contributed by atoms with van der Waals surface area (Å²) < 4.78 is 12.6. The van der Waals surface area contributed by atoms with Crippen molar-refractivity contribution in [2.24, 2.45) is 0 Å². The molecular formula is C19H18BrNO3. The summed E-state index contributed by atoms with van der Waals surface area (Å²) in [6.07, 6.45) is 1.63. The number of fused-ring (bicyclic) bond motifs is 1. The Hall–Kier alpha value is -2.01. The largest absolute Gasteiger partial charge is 0.486 e. The Bertz CT molecular complexity index is 755. The highest BCUT2D eigenvalue weighted by Gasteiger charge is 2.51. The molecule has 5 heteroatoms. The van der Waals surface area contributed by atoms with Gasteiger partial charge in [0.05, 0.1) is 12.0 Å². The van der Waals surface area contributed by atoms with E-state index in [0.717, 1.165) is 34.4 Å². The summed E-state index contributed by atoms with van der Waals surface area (Å²) in [7, 11) is 0. The van der Waals surface area contributed by atoms with Gasteiger partial charge >= 0.3 is 0 Å². The van der Waals surface area contributed by atoms with Crippen molar-refractivity contribution in [2.45, 2.75) is 24.4 Å². The fourth-order valence-corrected chi connectivity index (χ4v) is 3.34. The van der Waals surface area contributed by atoms with E-state index >= 15 is 0 Å². The van der Waals surface area contributed by atoms with Gasteiger partial charge in [-0.2, -0.15) is 0 Å². The SMILES string of the molecule is O=C(NCC1COc2ccccc2O1)C1(c2ccc(Br)cc2)CC1. The van der Waals surface area contributed by atoms with Gasteiger partial charge in [0.1, 0.15) is 12.7 Å². The van der Waals surface area contributed by atoms with Crippen LogP contribution in [0.5, 0.6) is 11.5 Å². The third kappa shape index (κ3) is 2.88. The van der Waals surface area contributed by atoms with Crippen LogP contribution in [0.2, 0.25) is 0 Å². The molecule has 2 aliphatic rings. The lowest BCUT2D eigenvalue weighted by Crippen LogP contribution is -2.44. The van der Waals surface area contributed by atoms with E-state index < -0.39 is 0 Å². The number of hydrogen-bond acceptors (Lipinski definition) is 3. The first kappa shape index (κ1) is 15.5. The molecule has 124 valence electrons. The average Bonchev–Trinajstić information content (AvgIpc) is 3.42. The third-order valence-electron chi connectivity index (χ3n) is 4.64. The van der Waals surface area contributed by atoms with Crippen LogP contribution in [0.15, 0.2) is 53.0 Å². The molecule has 0 bridgehead atoms. The fraction of sp³-hybridized carbons (Fsp3) is 0.316. The summed E-state index contributed by atoms with van der Waals surface area (Å²) in [5.41, 5.74) is 0.711. The number of rotatable bonds is 4. The van der Waals surface area contributed by atoms with Crippen molar-refractivity contribution in [3.8, 4) is 11.5 Å². The van der Waals surface area contributed by atoms with E-state index in [-0.39, 0.29) is 17.4 Å². The van der Waals surface area contributed by atoms with Gasteiger partial charge in [-0.3, -0.25) is 4.79 Å². The van der Waals surface area contributed by atoms with Gasteiger partial charge in [-0.1, -0.05) is 40.2 Å². The summed E-state index contributed by atoms with van der Waals surface area (Å²) in [6, 6.07) is 15.6. The van der Waals surface area contributed by atoms with Gasteiger partial charge in [0, 0.05) is 4.47 Å². The van der Waals surface area contributed by atoms with Crippen molar-refractivity contribution in [3.63, 3.8) is 0 Å². The van der Waals surface area contributed by atoms with Crippen LogP contribution in [0.25, 0.3) is 0 Å². The van der Waals surface area contributed by atoms with Crippen molar-refractivity contribution >= 4 is 21.8 Å². The summed E-state index contributed by atoms with van der Waals surface area (Å²) in [6.45, 7) is 0.897. The highest BCUT2D eigenvalue weighted by atomic mass is 79.9. The Morgan fingerprint density at radius 3 is 2.54 bits per heavy atom. The lowest BCUT2D eigenvalue weighted by molar-refractivity contribution is -0.124. The van der Waals surface area contributed by atoms with Crippen LogP contribution in [0.3, 0.4) is 0 Å². The van der Waals surface area contributed by atoms with Crippen molar-refractivity contribution in [1.29, 1.82) is 0 Å². The van der Waals surface area contributed by atoms with Crippen LogP contribution in [-0.2, 0) is 10.2 Å². The molecule has 1 atom stereocenters. The van der Waals surface area contributed by atoms with Gasteiger partial charge in [-0.25, -0.2) is 0 Å². The second kappa shape index (κ2) is 6.13. The maximum absolute atomic E-state index is 12.7. The van der Waals surface area contributed by atoms with Crippen molar-refractivity contribution in [3.05, 3.63) is 58.6 Å². The zero-order chi connectivity index (χ0) is 16.6. The highest BCUT2D eigenvalue weighted by molar-refractivity contribution is 9.10. The van der Waals surface area contributed by atoms with Crippen molar-refractivity contribution in [1.82, 2.24) is 5.32 Å². The van der Waals surface area contributed by atoms with Crippen LogP contribution in [0.4, 0.5) is 0 Å². The molecule has 1 aliphatic heterocycles. The molecule has 1 saturated carbocycles. The van der Waals surface area contributed by atoms with Gasteiger partial charge in [0.2, 0.25) is 5.91 Å². The Morgan fingerprint density at radius 2 is 1.83 bits per heavy atom. The minimum atomic E-state index is -0.367. The predicted octanol–water partition coefficient (Wildman–Crippen LogP) is 3.44. The monoisotopic (exact) mass is 387 g/mol. The predicted molar refractivity (Wildman–Crippen MR) is 94.4 cm³/mol. The molecule has 1 amide bonds. The molecule has 24 heavy (non-hydrogen) atoms. The molecule has 0 radical (unpaired) electrons. The highest BCUT2D eigenvalue weighted by Crippen LogP contribution is 2.48. The molecule has 1 N–H and O–H groups in total. The minimum absolute atomic E-state index is 0.0762. The summed E-state index contributed by atoms with van der Waals surface area (Å²) in [4.78, 5) is 12.7. The topological polar surface area (TPSA) is 47.6 Å². The zero-order valence-electron chi connectivity index (χ0n) is 13.1. The van der Waals surface area contributed by atoms with Crippen LogP contribution < -0.4 is 14.8 Å². The molecule has 1 aliphatic carbocycles. The first-order valence-corrected chi connectivity index (χ1v) is 8.89. The van der Waals surface area contributed by atoms with E-state index in [0.29, 0.717) is 13.2 Å². The molecule has 1 fully saturated rings. The van der Waals surface area contributed by atoms with Crippen LogP contribution in [0, 0.1) is 0 Å². The number of para-hydroxylation sites is 2. The summed E-state index contributed by atoms with van der Waals surface area (Å²) in [5, 5.41) is 3.04. The van der Waals surface area contributed by atoms with Gasteiger partial charge in [-0.05, 0) is 42.7 Å². The second-order valence-corrected chi connectivity index (χ2v) is 7.21. The average molecular weight is 388 g/mol. The molecule has 2 aromatic carbocycles. The number of halogens is 1. The second-order valence-electron chi connectivity index (χ2n) is 6.30. The van der Waals surface area contributed by atoms with Crippen LogP contribution in [-0.4, -0.2) is 25.2 Å². The number of carbonyl (C=O) groups excluding carboxylic acids is 1. The first-order valence-electron chi connectivity index (χ1n) is 8.10. The molecule has 0 spiro atoms. The summed E-state index contributed by atoms with van der Waals surface area (Å²) >= 11 is 3.43. The number of hydrogen-bond donors (Lipinski definition) is 1. The zero-order valence-corrected chi connectivity index (χ0v) is 14.7. The van der Waals surface area contributed by atoms with E-state index in [1.165, 1.54) is 0 Å². The first-order chi connectivity index (χ1) is 11.7. The maximum Gasteiger partial charge on any atom is 0.230 e. The quantitative estimate of drug-likeness (QED) is 0.873. The number of benzene rings is 2. The smallest absolute Gasteiger partial charge is 0.230 e. The Balaban J connectivity index is 1.38. The molecule has 1 unspecified atom stereocenters. The van der Waals surface area contributed by atoms with E-state index in [4.69, 9.17) is 9.47 Å². The van der Waals surface area contributed by atoms with Gasteiger partial charge in [-0.15, -0.1) is 0 Å². The molecule has 2 aromatic rings. The normalized spacial score (nSPS) is 20.3. The minimum Gasteiger partial charge on any atom is -0.486 e. The van der Waals surface area contributed by atoms with E-state index in [1.807, 2.05) is 48.5 Å². The van der Waals surface area contributed by atoms with E-state index in [1.54, 1.807) is 0 Å². The van der Waals surface area contributed by atoms with Gasteiger partial charge in [0.25, 0.3) is 0 Å². The third-order valence-corrected chi connectivity index (χ3v) is 5.17. The molecule has 0 saturated heterocycles. The van der Waals surface area contributed by atoms with Crippen LogP contribution in [0.1, 0.15) is 18.4 Å². The standard InChI is InChI=1S/C19H18BrNO3/c20-14-7-5-13(6-8-14)19(9-10-19)18(22)21-11-15-12-23-16-3-1-2-4-17(16)24-15/h1-8,15H,9-12H2,(H,21,22). The number of amides is 1. The Morgan fingerprint density at radius 1 is 1.12 bits per heavy atom. The molecular weight excluding hydrogens is 370 g/mol. The number of carbonyl (C=O) groups is 1. The Labute approximate surface area is 149 Å². The van der Waals surface area contributed by atoms with Crippen molar-refractivity contribution in [2.75, 3.05) is 13.2 Å². The molecule has 1 heterocycles. The lowest BCUT2D eigenvalue weighted by atomic mass is 9.95. The fourth-order valence-electron chi connectivity index (χ4n) is 3.08. The lowest BCUT2D eigenvalue weighted by Gasteiger charge is -2.27. The number of nitrogens with one attached hydrogen (secondary N) is 1. The Kier molecular flexibility index (Phi) is 3.96. The maximum atomic E-state index is 12.7. The molecule has 4 nitrogen and oxygen atoms in total. The van der Waals surface area contributed by atoms with Crippen molar-refractivity contribution < 1.29 is 14.3 Å². The number of ether oxygens (including phenoxy) is 2. The van der Waals surface area contributed by atoms with E-state index in [2.05, 4.69) is 21.2 Å². The van der Waals surface area contributed by atoms with E-state index in [9.17, 15) is 4.79 Å². The summed E-state index contributed by atoms with van der Waals surface area (Å²) in [5.74, 6) is 1.57. The molecule has 0 aromatic heterocycles. The van der Waals surface area contributed by atoms with Crippen LogP contribution >= 0.6 is 15.9 Å².